The number of non-ortho nitro benzene ring substituents is 1. The summed E-state index contributed by atoms with van der Waals surface area (Å²) in [5, 5.41) is 15.5. The third-order valence-electron chi connectivity index (χ3n) is 5.09. The molecule has 4 rings (SSSR count). The van der Waals surface area contributed by atoms with Crippen molar-refractivity contribution in [2.24, 2.45) is 5.10 Å². The van der Waals surface area contributed by atoms with Crippen molar-refractivity contribution in [2.75, 3.05) is 0 Å². The van der Waals surface area contributed by atoms with Crippen molar-refractivity contribution in [1.29, 1.82) is 0 Å². The number of nitro benzene ring substituents is 1. The number of para-hydroxylation sites is 2. The van der Waals surface area contributed by atoms with Crippen LogP contribution >= 0.6 is 0 Å². The SMILES string of the molecule is CCc1nc2ccccc2c(=O)n1N=Cc1ccccc1OC(=O)/C=C/c1ccc([N+](=O)[O-])cc1. The Balaban J connectivity index is 1.56. The first-order chi connectivity index (χ1) is 17.0. The minimum Gasteiger partial charge on any atom is -0.423 e. The lowest BCUT2D eigenvalue weighted by atomic mass is 10.2. The molecule has 0 radical (unpaired) electrons. The third-order valence-corrected chi connectivity index (χ3v) is 5.09. The Kier molecular flexibility index (Phi) is 6.87. The van der Waals surface area contributed by atoms with E-state index in [4.69, 9.17) is 4.74 Å². The van der Waals surface area contributed by atoms with E-state index in [1.807, 2.05) is 13.0 Å². The Labute approximate surface area is 199 Å². The molecule has 1 heterocycles. The second-order valence-electron chi connectivity index (χ2n) is 7.40. The maximum Gasteiger partial charge on any atom is 0.336 e. The van der Waals surface area contributed by atoms with Gasteiger partial charge < -0.3 is 4.74 Å². The molecule has 0 atom stereocenters. The van der Waals surface area contributed by atoms with Crippen molar-refractivity contribution in [3.05, 3.63) is 116 Å². The molecule has 35 heavy (non-hydrogen) atoms. The maximum absolute atomic E-state index is 12.9. The van der Waals surface area contributed by atoms with Crippen molar-refractivity contribution in [3.63, 3.8) is 0 Å². The Morgan fingerprint density at radius 2 is 1.80 bits per heavy atom. The molecule has 0 fully saturated rings. The van der Waals surface area contributed by atoms with Gasteiger partial charge in [0, 0.05) is 30.2 Å². The van der Waals surface area contributed by atoms with Crippen molar-refractivity contribution in [2.45, 2.75) is 13.3 Å². The zero-order valence-electron chi connectivity index (χ0n) is 18.7. The summed E-state index contributed by atoms with van der Waals surface area (Å²) in [6.07, 6.45) is 4.67. The number of nitro groups is 1. The second-order valence-corrected chi connectivity index (χ2v) is 7.40. The van der Waals surface area contributed by atoms with Crippen molar-refractivity contribution < 1.29 is 14.5 Å². The predicted molar refractivity (Wildman–Crippen MR) is 133 cm³/mol. The largest absolute Gasteiger partial charge is 0.423 e. The molecule has 0 aliphatic heterocycles. The van der Waals surface area contributed by atoms with Crippen LogP contribution in [0.1, 0.15) is 23.9 Å². The third kappa shape index (κ3) is 5.36. The van der Waals surface area contributed by atoms with E-state index in [-0.39, 0.29) is 17.0 Å². The van der Waals surface area contributed by atoms with Crippen LogP contribution in [0.5, 0.6) is 5.75 Å². The first-order valence-corrected chi connectivity index (χ1v) is 10.7. The fourth-order valence-electron chi connectivity index (χ4n) is 3.33. The molecule has 0 saturated heterocycles. The monoisotopic (exact) mass is 468 g/mol. The Hall–Kier alpha value is -4.92. The Morgan fingerprint density at radius 3 is 2.54 bits per heavy atom. The van der Waals surface area contributed by atoms with E-state index in [1.54, 1.807) is 42.5 Å². The molecule has 9 nitrogen and oxygen atoms in total. The van der Waals surface area contributed by atoms with Gasteiger partial charge in [0.1, 0.15) is 11.6 Å². The van der Waals surface area contributed by atoms with Crippen LogP contribution < -0.4 is 10.3 Å². The zero-order chi connectivity index (χ0) is 24.8. The van der Waals surface area contributed by atoms with E-state index in [2.05, 4.69) is 10.1 Å². The first kappa shape index (κ1) is 23.2. The highest BCUT2D eigenvalue weighted by molar-refractivity contribution is 5.91. The van der Waals surface area contributed by atoms with Crippen LogP contribution in [0.4, 0.5) is 5.69 Å². The predicted octanol–water partition coefficient (Wildman–Crippen LogP) is 4.37. The van der Waals surface area contributed by atoms with Gasteiger partial charge in [0.15, 0.2) is 0 Å². The number of hydrogen-bond acceptors (Lipinski definition) is 7. The molecule has 0 spiro atoms. The van der Waals surface area contributed by atoms with Gasteiger partial charge >= 0.3 is 5.97 Å². The highest BCUT2D eigenvalue weighted by Gasteiger charge is 2.10. The quantitative estimate of drug-likeness (QED) is 0.0993. The van der Waals surface area contributed by atoms with Crippen LogP contribution in [-0.4, -0.2) is 26.8 Å². The summed E-state index contributed by atoms with van der Waals surface area (Å²) < 4.78 is 6.69. The van der Waals surface area contributed by atoms with E-state index in [0.29, 0.717) is 34.3 Å². The summed E-state index contributed by atoms with van der Waals surface area (Å²) in [5.74, 6) is 0.128. The lowest BCUT2D eigenvalue weighted by molar-refractivity contribution is -0.384. The minimum atomic E-state index is -0.636. The van der Waals surface area contributed by atoms with Gasteiger partial charge in [-0.25, -0.2) is 9.78 Å². The van der Waals surface area contributed by atoms with E-state index in [9.17, 15) is 19.7 Å². The average molecular weight is 468 g/mol. The summed E-state index contributed by atoms with van der Waals surface area (Å²) in [7, 11) is 0. The standard InChI is InChI=1S/C26H20N4O5/c1-2-24-28-22-9-5-4-8-21(22)26(32)29(24)27-17-19-7-3-6-10-23(19)35-25(31)16-13-18-11-14-20(15-12-18)30(33)34/h3-17H,2H2,1H3/b16-13+,27-17?. The maximum atomic E-state index is 12.9. The number of hydrogen-bond donors (Lipinski definition) is 0. The van der Waals surface area contributed by atoms with Gasteiger partial charge in [0.05, 0.1) is 22.0 Å². The van der Waals surface area contributed by atoms with Gasteiger partial charge in [-0.2, -0.15) is 9.78 Å². The number of carbonyl (C=O) groups excluding carboxylic acids is 1. The normalized spacial score (nSPS) is 11.3. The van der Waals surface area contributed by atoms with Gasteiger partial charge in [-0.15, -0.1) is 0 Å². The number of ether oxygens (including phenoxy) is 1. The lowest BCUT2D eigenvalue weighted by Gasteiger charge is -2.08. The van der Waals surface area contributed by atoms with Crippen molar-refractivity contribution >= 4 is 34.9 Å². The van der Waals surface area contributed by atoms with E-state index in [0.717, 1.165) is 0 Å². The smallest absolute Gasteiger partial charge is 0.336 e. The minimum absolute atomic E-state index is 0.0371. The second kappa shape index (κ2) is 10.3. The van der Waals surface area contributed by atoms with Crippen LogP contribution in [0.3, 0.4) is 0 Å². The molecule has 3 aromatic carbocycles. The number of rotatable bonds is 7. The highest BCUT2D eigenvalue weighted by Crippen LogP contribution is 2.18. The molecule has 0 aliphatic rings. The van der Waals surface area contributed by atoms with E-state index < -0.39 is 10.9 Å². The van der Waals surface area contributed by atoms with Crippen LogP contribution in [0.15, 0.2) is 88.8 Å². The summed E-state index contributed by atoms with van der Waals surface area (Å²) in [5.41, 5.74) is 1.38. The summed E-state index contributed by atoms with van der Waals surface area (Å²) in [6.45, 7) is 1.88. The molecule has 0 bridgehead atoms. The zero-order valence-corrected chi connectivity index (χ0v) is 18.7. The van der Waals surface area contributed by atoms with Gasteiger partial charge in [-0.3, -0.25) is 14.9 Å². The lowest BCUT2D eigenvalue weighted by Crippen LogP contribution is -2.22. The van der Waals surface area contributed by atoms with E-state index >= 15 is 0 Å². The Bertz CT molecular complexity index is 1520. The number of esters is 1. The van der Waals surface area contributed by atoms with Gasteiger partial charge in [-0.05, 0) is 48.0 Å². The number of aromatic nitrogens is 2. The molecule has 0 saturated carbocycles. The van der Waals surface area contributed by atoms with Gasteiger partial charge in [0.25, 0.3) is 11.2 Å². The van der Waals surface area contributed by atoms with Gasteiger partial charge in [0.2, 0.25) is 0 Å². The summed E-state index contributed by atoms with van der Waals surface area (Å²) in [4.78, 5) is 40.1. The Morgan fingerprint density at radius 1 is 1.09 bits per heavy atom. The van der Waals surface area contributed by atoms with Crippen LogP contribution in [0.25, 0.3) is 17.0 Å². The molecule has 1 aromatic heterocycles. The molecule has 4 aromatic rings. The van der Waals surface area contributed by atoms with Crippen LogP contribution in [0.2, 0.25) is 0 Å². The average Bonchev–Trinajstić information content (AvgIpc) is 2.88. The number of nitrogens with zero attached hydrogens (tertiary/aromatic N) is 4. The van der Waals surface area contributed by atoms with E-state index in [1.165, 1.54) is 47.3 Å². The molecule has 0 unspecified atom stereocenters. The number of aryl methyl sites for hydroxylation is 1. The fraction of sp³-hybridized carbons (Fsp3) is 0.0769. The number of carbonyl (C=O) groups is 1. The number of benzene rings is 3. The van der Waals surface area contributed by atoms with Crippen molar-refractivity contribution in [3.8, 4) is 5.75 Å². The molecule has 9 heteroatoms. The molecule has 0 amide bonds. The highest BCUT2D eigenvalue weighted by atomic mass is 16.6. The molecular weight excluding hydrogens is 448 g/mol. The number of fused-ring (bicyclic) bond motifs is 1. The first-order valence-electron chi connectivity index (χ1n) is 10.7. The summed E-state index contributed by atoms with van der Waals surface area (Å²) in [6, 6.07) is 19.6. The van der Waals surface area contributed by atoms with Crippen LogP contribution in [-0.2, 0) is 11.2 Å². The fourth-order valence-corrected chi connectivity index (χ4v) is 3.33. The summed E-state index contributed by atoms with van der Waals surface area (Å²) >= 11 is 0. The van der Waals surface area contributed by atoms with Gasteiger partial charge in [-0.1, -0.05) is 31.2 Å². The topological polar surface area (TPSA) is 117 Å². The molecule has 174 valence electrons. The molecule has 0 N–H and O–H groups in total. The molecule has 0 aliphatic carbocycles. The molecular formula is C26H20N4O5. The van der Waals surface area contributed by atoms with Crippen molar-refractivity contribution in [1.82, 2.24) is 9.66 Å². The van der Waals surface area contributed by atoms with Crippen LogP contribution in [0, 0.1) is 10.1 Å².